The molecule has 0 aromatic heterocycles. The number of rotatable bonds is 4. The second-order valence-electron chi connectivity index (χ2n) is 11.7. The fraction of sp³-hybridized carbons (Fsp3) is 0.679. The predicted octanol–water partition coefficient (Wildman–Crippen LogP) is 4.58. The number of nitrogens with one attached hydrogen (secondary N) is 3. The Morgan fingerprint density at radius 3 is 2.03 bits per heavy atom. The molecule has 3 amide bonds. The zero-order valence-corrected chi connectivity index (χ0v) is 23.8. The maximum Gasteiger partial charge on any atom is 0.410 e. The standard InChI is InChI=1S/C18H26N2O4.C10H20N2O2/c1-18(2,3)24-16(21)19-15-10-7-11-20(12-15)17(22)23-13-14-8-5-4-6-9-14;1-10(2,3)14-9(13)12-8-5-4-6-11-7-8/h4-6,8-9,15H,7,10-13H2,1-3H3,(H,19,21);8,11H,4-7H2,1-3H3,(H,12,13)/t15-;8-/m00/s1. The van der Waals surface area contributed by atoms with Crippen LogP contribution in [0.3, 0.4) is 0 Å². The molecule has 38 heavy (non-hydrogen) atoms. The van der Waals surface area contributed by atoms with Gasteiger partial charge in [0.15, 0.2) is 0 Å². The van der Waals surface area contributed by atoms with Gasteiger partial charge in [-0.15, -0.1) is 0 Å². The third kappa shape index (κ3) is 13.5. The molecule has 10 heteroatoms. The maximum absolute atomic E-state index is 12.2. The topological polar surface area (TPSA) is 118 Å². The number of piperidine rings is 2. The first-order valence-corrected chi connectivity index (χ1v) is 13.5. The summed E-state index contributed by atoms with van der Waals surface area (Å²) in [6.45, 7) is 14.3. The number of amides is 3. The second-order valence-corrected chi connectivity index (χ2v) is 11.7. The average molecular weight is 535 g/mol. The van der Waals surface area contributed by atoms with Gasteiger partial charge in [-0.3, -0.25) is 0 Å². The highest BCUT2D eigenvalue weighted by Gasteiger charge is 2.27. The Bertz CT molecular complexity index is 876. The monoisotopic (exact) mass is 534 g/mol. The Morgan fingerprint density at radius 2 is 1.47 bits per heavy atom. The molecule has 2 saturated heterocycles. The van der Waals surface area contributed by atoms with Crippen LogP contribution < -0.4 is 16.0 Å². The van der Waals surface area contributed by atoms with Gasteiger partial charge in [-0.2, -0.15) is 0 Å². The third-order valence-corrected chi connectivity index (χ3v) is 5.62. The molecule has 1 aromatic rings. The van der Waals surface area contributed by atoms with Crippen LogP contribution >= 0.6 is 0 Å². The SMILES string of the molecule is CC(C)(C)OC(=O)N[C@H]1CCCN(C(=O)OCc2ccccc2)C1.CC(C)(C)OC(=O)N[C@H]1CCCNC1. The number of carbonyl (C=O) groups excluding carboxylic acids is 3. The summed E-state index contributed by atoms with van der Waals surface area (Å²) in [6, 6.07) is 9.67. The van der Waals surface area contributed by atoms with E-state index >= 15 is 0 Å². The summed E-state index contributed by atoms with van der Waals surface area (Å²) < 4.78 is 15.8. The molecule has 2 aliphatic heterocycles. The van der Waals surface area contributed by atoms with E-state index in [2.05, 4.69) is 16.0 Å². The van der Waals surface area contributed by atoms with Crippen LogP contribution in [0.15, 0.2) is 30.3 Å². The minimum atomic E-state index is -0.535. The Hall–Kier alpha value is -3.01. The van der Waals surface area contributed by atoms with Gasteiger partial charge in [-0.1, -0.05) is 30.3 Å². The van der Waals surface area contributed by atoms with Crippen molar-refractivity contribution >= 4 is 18.3 Å². The first-order chi connectivity index (χ1) is 17.8. The van der Waals surface area contributed by atoms with Crippen molar-refractivity contribution in [2.45, 2.75) is 97.1 Å². The minimum Gasteiger partial charge on any atom is -0.445 e. The normalized spacial score (nSPS) is 19.8. The van der Waals surface area contributed by atoms with E-state index in [0.29, 0.717) is 13.1 Å². The molecule has 3 N–H and O–H groups in total. The van der Waals surface area contributed by atoms with Crippen molar-refractivity contribution in [1.29, 1.82) is 0 Å². The first kappa shape index (κ1) is 31.2. The quantitative estimate of drug-likeness (QED) is 0.484. The predicted molar refractivity (Wildman–Crippen MR) is 146 cm³/mol. The Kier molecular flexibility index (Phi) is 12.2. The molecule has 0 unspecified atom stereocenters. The van der Waals surface area contributed by atoms with Gasteiger partial charge >= 0.3 is 18.3 Å². The first-order valence-electron chi connectivity index (χ1n) is 13.5. The van der Waals surface area contributed by atoms with E-state index in [4.69, 9.17) is 14.2 Å². The van der Waals surface area contributed by atoms with Crippen LogP contribution in [0.5, 0.6) is 0 Å². The van der Waals surface area contributed by atoms with E-state index in [-0.39, 0.29) is 30.9 Å². The van der Waals surface area contributed by atoms with Gasteiger partial charge in [-0.25, -0.2) is 14.4 Å². The van der Waals surface area contributed by atoms with Crippen LogP contribution in [0.1, 0.15) is 72.8 Å². The zero-order chi connectivity index (χ0) is 28.2. The van der Waals surface area contributed by atoms with Crippen molar-refractivity contribution < 1.29 is 28.6 Å². The lowest BCUT2D eigenvalue weighted by atomic mass is 10.1. The fourth-order valence-electron chi connectivity index (χ4n) is 3.99. The van der Waals surface area contributed by atoms with E-state index in [9.17, 15) is 14.4 Å². The molecule has 0 bridgehead atoms. The van der Waals surface area contributed by atoms with Crippen molar-refractivity contribution in [3.8, 4) is 0 Å². The Labute approximate surface area is 227 Å². The summed E-state index contributed by atoms with van der Waals surface area (Å²) in [7, 11) is 0. The molecule has 2 fully saturated rings. The number of hydrogen-bond donors (Lipinski definition) is 3. The largest absolute Gasteiger partial charge is 0.445 e. The number of benzene rings is 1. The van der Waals surface area contributed by atoms with Gasteiger partial charge in [-0.05, 0) is 79.3 Å². The highest BCUT2D eigenvalue weighted by Crippen LogP contribution is 2.14. The number of nitrogens with zero attached hydrogens (tertiary/aromatic N) is 1. The van der Waals surface area contributed by atoms with Gasteiger partial charge in [0.1, 0.15) is 17.8 Å². The van der Waals surface area contributed by atoms with Crippen molar-refractivity contribution in [2.75, 3.05) is 26.2 Å². The molecule has 2 aliphatic rings. The second kappa shape index (κ2) is 14.8. The van der Waals surface area contributed by atoms with E-state index in [1.807, 2.05) is 71.9 Å². The number of likely N-dealkylation sites (tertiary alicyclic amines) is 1. The number of alkyl carbamates (subject to hydrolysis) is 2. The molecule has 0 radical (unpaired) electrons. The molecule has 1 aromatic carbocycles. The minimum absolute atomic E-state index is 0.113. The number of ether oxygens (including phenoxy) is 3. The molecule has 3 rings (SSSR count). The molecular formula is C28H46N4O6. The van der Waals surface area contributed by atoms with E-state index in [1.165, 1.54) is 0 Å². The molecule has 0 aliphatic carbocycles. The molecule has 2 heterocycles. The van der Waals surface area contributed by atoms with Gasteiger partial charge in [0.2, 0.25) is 0 Å². The van der Waals surface area contributed by atoms with E-state index in [0.717, 1.165) is 44.3 Å². The lowest BCUT2D eigenvalue weighted by molar-refractivity contribution is 0.0449. The van der Waals surface area contributed by atoms with Crippen molar-refractivity contribution in [3.63, 3.8) is 0 Å². The highest BCUT2D eigenvalue weighted by atomic mass is 16.6. The maximum atomic E-state index is 12.2. The van der Waals surface area contributed by atoms with Crippen molar-refractivity contribution in [3.05, 3.63) is 35.9 Å². The smallest absolute Gasteiger partial charge is 0.410 e. The van der Waals surface area contributed by atoms with Gasteiger partial charge in [0.25, 0.3) is 0 Å². The van der Waals surface area contributed by atoms with Crippen LogP contribution in [-0.4, -0.2) is 72.6 Å². The molecule has 10 nitrogen and oxygen atoms in total. The van der Waals surface area contributed by atoms with Crippen LogP contribution in [0.4, 0.5) is 14.4 Å². The summed E-state index contributed by atoms with van der Waals surface area (Å²) in [5.74, 6) is 0. The summed E-state index contributed by atoms with van der Waals surface area (Å²) in [4.78, 5) is 37.0. The number of carbonyl (C=O) groups is 3. The van der Waals surface area contributed by atoms with Crippen LogP contribution in [0.2, 0.25) is 0 Å². The van der Waals surface area contributed by atoms with E-state index in [1.54, 1.807) is 4.90 Å². The summed E-state index contributed by atoms with van der Waals surface area (Å²) in [6.07, 6.45) is 2.67. The summed E-state index contributed by atoms with van der Waals surface area (Å²) in [5, 5.41) is 8.91. The zero-order valence-electron chi connectivity index (χ0n) is 23.8. The highest BCUT2D eigenvalue weighted by molar-refractivity contribution is 5.70. The van der Waals surface area contributed by atoms with Gasteiger partial charge in [0, 0.05) is 31.7 Å². The van der Waals surface area contributed by atoms with Crippen LogP contribution in [-0.2, 0) is 20.8 Å². The fourth-order valence-corrected chi connectivity index (χ4v) is 3.99. The molecule has 214 valence electrons. The Morgan fingerprint density at radius 1 is 0.895 bits per heavy atom. The molecule has 0 saturated carbocycles. The van der Waals surface area contributed by atoms with E-state index < -0.39 is 17.3 Å². The molecule has 2 atom stereocenters. The summed E-state index contributed by atoms with van der Waals surface area (Å²) >= 11 is 0. The lowest BCUT2D eigenvalue weighted by Crippen LogP contribution is -2.50. The average Bonchev–Trinajstić information content (AvgIpc) is 2.82. The van der Waals surface area contributed by atoms with Gasteiger partial charge < -0.3 is 35.1 Å². The number of hydrogen-bond acceptors (Lipinski definition) is 7. The lowest BCUT2D eigenvalue weighted by Gasteiger charge is -2.33. The molecular weight excluding hydrogens is 488 g/mol. The Balaban J connectivity index is 0.000000308. The third-order valence-electron chi connectivity index (χ3n) is 5.62. The van der Waals surface area contributed by atoms with Crippen LogP contribution in [0, 0.1) is 0 Å². The summed E-state index contributed by atoms with van der Waals surface area (Å²) in [5.41, 5.74) is 0.00506. The molecule has 0 spiro atoms. The van der Waals surface area contributed by atoms with Gasteiger partial charge in [0.05, 0.1) is 0 Å². The van der Waals surface area contributed by atoms with Crippen molar-refractivity contribution in [1.82, 2.24) is 20.9 Å². The van der Waals surface area contributed by atoms with Crippen molar-refractivity contribution in [2.24, 2.45) is 0 Å². The van der Waals surface area contributed by atoms with Crippen LogP contribution in [0.25, 0.3) is 0 Å².